The van der Waals surface area contributed by atoms with Crippen molar-refractivity contribution in [3.05, 3.63) is 28.0 Å². The number of carboxylic acid groups (broad SMARTS) is 1. The number of halogens is 1. The third-order valence-electron chi connectivity index (χ3n) is 1.81. The number of hydrogen-bond acceptors (Lipinski definition) is 2. The van der Waals surface area contributed by atoms with Gasteiger partial charge < -0.3 is 5.11 Å². The first-order valence-corrected chi connectivity index (χ1v) is 4.71. The number of aryl methyl sites for hydroxylation is 1. The van der Waals surface area contributed by atoms with Crippen LogP contribution in [0.5, 0.6) is 0 Å². The maximum atomic E-state index is 10.4. The minimum absolute atomic E-state index is 0.156. The van der Waals surface area contributed by atoms with Gasteiger partial charge in [0.2, 0.25) is 0 Å². The molecule has 4 heteroatoms. The highest BCUT2D eigenvalue weighted by atomic mass is 79.9. The Balaban J connectivity index is 2.81. The van der Waals surface area contributed by atoms with Crippen molar-refractivity contribution in [2.24, 2.45) is 0 Å². The van der Waals surface area contributed by atoms with Crippen LogP contribution in [0.25, 0.3) is 0 Å². The molecule has 13 heavy (non-hydrogen) atoms. The van der Waals surface area contributed by atoms with E-state index in [9.17, 15) is 4.79 Å². The molecule has 1 N–H and O–H groups in total. The normalized spacial score (nSPS) is 10.0. The lowest BCUT2D eigenvalue weighted by molar-refractivity contribution is -0.136. The molecular weight excluding hydrogens is 234 g/mol. The van der Waals surface area contributed by atoms with Crippen molar-refractivity contribution in [1.82, 2.24) is 4.98 Å². The topological polar surface area (TPSA) is 50.2 Å². The molecule has 0 radical (unpaired) electrons. The van der Waals surface area contributed by atoms with Gasteiger partial charge in [0, 0.05) is 23.3 Å². The summed E-state index contributed by atoms with van der Waals surface area (Å²) in [6, 6.07) is 0. The van der Waals surface area contributed by atoms with E-state index < -0.39 is 5.97 Å². The van der Waals surface area contributed by atoms with Crippen molar-refractivity contribution < 1.29 is 9.90 Å². The van der Waals surface area contributed by atoms with Crippen LogP contribution in [0.4, 0.5) is 0 Å². The lowest BCUT2D eigenvalue weighted by atomic mass is 10.1. The van der Waals surface area contributed by atoms with E-state index in [0.717, 1.165) is 15.6 Å². The molecule has 0 atom stereocenters. The summed E-state index contributed by atoms with van der Waals surface area (Å²) in [5.74, 6) is -0.775. The molecule has 0 aliphatic rings. The van der Waals surface area contributed by atoms with Crippen LogP contribution in [0.1, 0.15) is 17.5 Å². The smallest absolute Gasteiger partial charge is 0.303 e. The van der Waals surface area contributed by atoms with Crippen LogP contribution < -0.4 is 0 Å². The second-order valence-electron chi connectivity index (χ2n) is 2.81. The molecular formula is C9H10BrNO2. The zero-order valence-electron chi connectivity index (χ0n) is 7.25. The van der Waals surface area contributed by atoms with Crippen LogP contribution in [0, 0.1) is 6.92 Å². The summed E-state index contributed by atoms with van der Waals surface area (Å²) in [6.45, 7) is 1.93. The van der Waals surface area contributed by atoms with E-state index in [0.29, 0.717) is 6.42 Å². The second-order valence-corrected chi connectivity index (χ2v) is 3.66. The number of aliphatic carboxylic acids is 1. The minimum atomic E-state index is -0.775. The average Bonchev–Trinajstić information content (AvgIpc) is 2.03. The zero-order valence-corrected chi connectivity index (χ0v) is 8.84. The average molecular weight is 244 g/mol. The van der Waals surface area contributed by atoms with Crippen LogP contribution in [0.15, 0.2) is 16.9 Å². The summed E-state index contributed by atoms with van der Waals surface area (Å²) in [5, 5.41) is 8.53. The molecule has 0 spiro atoms. The third-order valence-corrected chi connectivity index (χ3v) is 2.49. The van der Waals surface area contributed by atoms with Crippen molar-refractivity contribution in [2.45, 2.75) is 19.8 Å². The van der Waals surface area contributed by atoms with Crippen molar-refractivity contribution in [1.29, 1.82) is 0 Å². The van der Waals surface area contributed by atoms with Crippen LogP contribution in [-0.2, 0) is 11.2 Å². The Morgan fingerprint density at radius 1 is 1.62 bits per heavy atom. The number of hydrogen-bond donors (Lipinski definition) is 1. The van der Waals surface area contributed by atoms with Crippen molar-refractivity contribution in [3.63, 3.8) is 0 Å². The van der Waals surface area contributed by atoms with Crippen LogP contribution >= 0.6 is 15.9 Å². The summed E-state index contributed by atoms with van der Waals surface area (Å²) in [7, 11) is 0. The second kappa shape index (κ2) is 4.37. The summed E-state index contributed by atoms with van der Waals surface area (Å²) in [4.78, 5) is 14.3. The Bertz CT molecular complexity index is 305. The van der Waals surface area contributed by atoms with Crippen molar-refractivity contribution in [2.75, 3.05) is 0 Å². The quantitative estimate of drug-likeness (QED) is 0.886. The number of rotatable bonds is 3. The lowest BCUT2D eigenvalue weighted by Crippen LogP contribution is -2.00. The summed E-state index contributed by atoms with van der Waals surface area (Å²) >= 11 is 3.34. The predicted molar refractivity (Wildman–Crippen MR) is 52.6 cm³/mol. The minimum Gasteiger partial charge on any atom is -0.481 e. The summed E-state index contributed by atoms with van der Waals surface area (Å²) < 4.78 is 0.883. The van der Waals surface area contributed by atoms with Gasteiger partial charge in [0.05, 0.1) is 0 Å². The maximum absolute atomic E-state index is 10.4. The number of nitrogens with zero attached hydrogens (tertiary/aromatic N) is 1. The SMILES string of the molecule is Cc1cncc(Br)c1CCC(=O)O. The van der Waals surface area contributed by atoms with Gasteiger partial charge in [0.1, 0.15) is 0 Å². The first-order valence-electron chi connectivity index (χ1n) is 3.92. The van der Waals surface area contributed by atoms with E-state index in [4.69, 9.17) is 5.11 Å². The van der Waals surface area contributed by atoms with Gasteiger partial charge in [-0.1, -0.05) is 0 Å². The first-order chi connectivity index (χ1) is 6.11. The highest BCUT2D eigenvalue weighted by Gasteiger charge is 2.05. The van der Waals surface area contributed by atoms with Crippen molar-refractivity contribution in [3.8, 4) is 0 Å². The third kappa shape index (κ3) is 2.81. The standard InChI is InChI=1S/C9H10BrNO2/c1-6-4-11-5-8(10)7(6)2-3-9(12)13/h4-5H,2-3H2,1H3,(H,12,13). The highest BCUT2D eigenvalue weighted by Crippen LogP contribution is 2.19. The predicted octanol–water partition coefficient (Wildman–Crippen LogP) is 2.17. The van der Waals surface area contributed by atoms with Gasteiger partial charge in [-0.25, -0.2) is 0 Å². The van der Waals surface area contributed by atoms with E-state index in [1.165, 1.54) is 0 Å². The molecule has 1 heterocycles. The molecule has 0 aliphatic heterocycles. The fraction of sp³-hybridized carbons (Fsp3) is 0.333. The van der Waals surface area contributed by atoms with E-state index in [-0.39, 0.29) is 6.42 Å². The largest absolute Gasteiger partial charge is 0.481 e. The Morgan fingerprint density at radius 2 is 2.31 bits per heavy atom. The molecule has 0 saturated carbocycles. The molecule has 3 nitrogen and oxygen atoms in total. The molecule has 1 rings (SSSR count). The molecule has 0 bridgehead atoms. The fourth-order valence-corrected chi connectivity index (χ4v) is 1.74. The van der Waals surface area contributed by atoms with Gasteiger partial charge in [-0.15, -0.1) is 0 Å². The van der Waals surface area contributed by atoms with Crippen LogP contribution in [-0.4, -0.2) is 16.1 Å². The zero-order chi connectivity index (χ0) is 9.84. The molecule has 0 aromatic carbocycles. The van der Waals surface area contributed by atoms with E-state index in [1.807, 2.05) is 6.92 Å². The highest BCUT2D eigenvalue weighted by molar-refractivity contribution is 9.10. The van der Waals surface area contributed by atoms with Gasteiger partial charge in [-0.2, -0.15) is 0 Å². The van der Waals surface area contributed by atoms with Gasteiger partial charge in [0.25, 0.3) is 0 Å². The molecule has 0 saturated heterocycles. The molecule has 0 aliphatic carbocycles. The summed E-state index contributed by atoms with van der Waals surface area (Å²) in [5.41, 5.74) is 2.05. The van der Waals surface area contributed by atoms with E-state index >= 15 is 0 Å². The van der Waals surface area contributed by atoms with Gasteiger partial charge >= 0.3 is 5.97 Å². The molecule has 70 valence electrons. The molecule has 1 aromatic heterocycles. The monoisotopic (exact) mass is 243 g/mol. The van der Waals surface area contributed by atoms with Crippen LogP contribution in [0.3, 0.4) is 0 Å². The lowest BCUT2D eigenvalue weighted by Gasteiger charge is -2.05. The van der Waals surface area contributed by atoms with Gasteiger partial charge in [-0.05, 0) is 40.4 Å². The van der Waals surface area contributed by atoms with E-state index in [1.54, 1.807) is 12.4 Å². The Hall–Kier alpha value is -0.900. The van der Waals surface area contributed by atoms with Crippen LogP contribution in [0.2, 0.25) is 0 Å². The Morgan fingerprint density at radius 3 is 2.85 bits per heavy atom. The summed E-state index contributed by atoms with van der Waals surface area (Å²) in [6.07, 6.45) is 4.12. The fourth-order valence-electron chi connectivity index (χ4n) is 1.11. The Kier molecular flexibility index (Phi) is 3.42. The van der Waals surface area contributed by atoms with Gasteiger partial charge in [-0.3, -0.25) is 9.78 Å². The number of carbonyl (C=O) groups is 1. The Labute approximate surface area is 84.9 Å². The molecule has 0 unspecified atom stereocenters. The van der Waals surface area contributed by atoms with Crippen molar-refractivity contribution >= 4 is 21.9 Å². The molecule has 1 aromatic rings. The molecule has 0 amide bonds. The first kappa shape index (κ1) is 10.2. The molecule has 0 fully saturated rings. The van der Waals surface area contributed by atoms with E-state index in [2.05, 4.69) is 20.9 Å². The number of aromatic nitrogens is 1. The number of carboxylic acids is 1. The maximum Gasteiger partial charge on any atom is 0.303 e. The van der Waals surface area contributed by atoms with Gasteiger partial charge in [0.15, 0.2) is 0 Å². The number of pyridine rings is 1.